The van der Waals surface area contributed by atoms with E-state index in [-0.39, 0.29) is 19.0 Å². The van der Waals surface area contributed by atoms with Gasteiger partial charge in [-0.15, -0.1) is 0 Å². The summed E-state index contributed by atoms with van der Waals surface area (Å²) in [5.74, 6) is -0.167. The summed E-state index contributed by atoms with van der Waals surface area (Å²) in [4.78, 5) is 14.5. The molecule has 1 aliphatic rings. The van der Waals surface area contributed by atoms with Gasteiger partial charge in [0, 0.05) is 26.2 Å². The maximum atomic E-state index is 12.1. The van der Waals surface area contributed by atoms with Crippen molar-refractivity contribution in [3.05, 3.63) is 0 Å². The van der Waals surface area contributed by atoms with Gasteiger partial charge in [0.05, 0.1) is 12.6 Å². The number of hydrogen-bond acceptors (Lipinski definition) is 3. The molecule has 0 aromatic rings. The van der Waals surface area contributed by atoms with E-state index in [1.165, 1.54) is 4.90 Å². The first kappa shape index (κ1) is 14.2. The number of halogens is 3. The molecule has 100 valence electrons. The fourth-order valence-electron chi connectivity index (χ4n) is 1.79. The van der Waals surface area contributed by atoms with Crippen LogP contribution < -0.4 is 5.73 Å². The fraction of sp³-hybridized carbons (Fsp3) is 0.900. The van der Waals surface area contributed by atoms with Crippen LogP contribution in [0.15, 0.2) is 0 Å². The van der Waals surface area contributed by atoms with Crippen molar-refractivity contribution in [2.24, 2.45) is 5.73 Å². The summed E-state index contributed by atoms with van der Waals surface area (Å²) in [5.41, 5.74) is 5.60. The predicted molar refractivity (Wildman–Crippen MR) is 57.3 cm³/mol. The quantitative estimate of drug-likeness (QED) is 0.793. The van der Waals surface area contributed by atoms with Crippen LogP contribution in [0.4, 0.5) is 13.2 Å². The molecule has 0 aromatic heterocycles. The number of hydrogen-bond donors (Lipinski definition) is 1. The molecule has 0 bridgehead atoms. The third-order valence-corrected chi connectivity index (χ3v) is 2.84. The van der Waals surface area contributed by atoms with E-state index in [9.17, 15) is 18.0 Å². The van der Waals surface area contributed by atoms with Gasteiger partial charge in [0.1, 0.15) is 0 Å². The summed E-state index contributed by atoms with van der Waals surface area (Å²) < 4.78 is 36.4. The molecular weight excluding hydrogens is 235 g/mol. The van der Waals surface area contributed by atoms with Gasteiger partial charge >= 0.3 is 6.18 Å². The summed E-state index contributed by atoms with van der Waals surface area (Å²) in [6.45, 7) is 2.05. The number of piperazine rings is 1. The SMILES string of the molecule is CC[C@H](N)C(=O)N1CCN(CC(F)(F)F)CC1. The van der Waals surface area contributed by atoms with Gasteiger partial charge in [0.25, 0.3) is 0 Å². The molecule has 0 radical (unpaired) electrons. The highest BCUT2D eigenvalue weighted by Crippen LogP contribution is 2.17. The monoisotopic (exact) mass is 253 g/mol. The van der Waals surface area contributed by atoms with Crippen molar-refractivity contribution in [2.75, 3.05) is 32.7 Å². The maximum absolute atomic E-state index is 12.1. The Morgan fingerprint density at radius 1 is 1.29 bits per heavy atom. The molecule has 0 aromatic carbocycles. The van der Waals surface area contributed by atoms with Crippen LogP contribution in [0.3, 0.4) is 0 Å². The topological polar surface area (TPSA) is 49.6 Å². The molecule has 1 aliphatic heterocycles. The van der Waals surface area contributed by atoms with Gasteiger partial charge in [-0.2, -0.15) is 13.2 Å². The van der Waals surface area contributed by atoms with Crippen molar-refractivity contribution in [3.63, 3.8) is 0 Å². The van der Waals surface area contributed by atoms with E-state index in [1.807, 2.05) is 6.92 Å². The van der Waals surface area contributed by atoms with Crippen LogP contribution in [0.1, 0.15) is 13.3 Å². The summed E-state index contributed by atoms with van der Waals surface area (Å²) in [7, 11) is 0. The maximum Gasteiger partial charge on any atom is 0.401 e. The Morgan fingerprint density at radius 3 is 2.24 bits per heavy atom. The molecule has 1 rings (SSSR count). The number of alkyl halides is 3. The molecule has 1 fully saturated rings. The minimum atomic E-state index is -4.17. The minimum Gasteiger partial charge on any atom is -0.339 e. The van der Waals surface area contributed by atoms with Gasteiger partial charge in [-0.3, -0.25) is 9.69 Å². The second-order valence-electron chi connectivity index (χ2n) is 4.23. The Bertz CT molecular complexity index is 262. The van der Waals surface area contributed by atoms with Gasteiger partial charge in [-0.25, -0.2) is 0 Å². The van der Waals surface area contributed by atoms with Gasteiger partial charge in [-0.05, 0) is 6.42 Å². The van der Waals surface area contributed by atoms with Gasteiger partial charge in [-0.1, -0.05) is 6.92 Å². The lowest BCUT2D eigenvalue weighted by molar-refractivity contribution is -0.152. The van der Waals surface area contributed by atoms with E-state index < -0.39 is 18.8 Å². The zero-order valence-corrected chi connectivity index (χ0v) is 9.83. The van der Waals surface area contributed by atoms with E-state index in [0.29, 0.717) is 19.5 Å². The van der Waals surface area contributed by atoms with Crippen molar-refractivity contribution in [3.8, 4) is 0 Å². The van der Waals surface area contributed by atoms with Crippen molar-refractivity contribution in [1.82, 2.24) is 9.80 Å². The van der Waals surface area contributed by atoms with E-state index in [2.05, 4.69) is 0 Å². The second-order valence-corrected chi connectivity index (χ2v) is 4.23. The molecule has 1 atom stereocenters. The molecule has 1 heterocycles. The molecule has 17 heavy (non-hydrogen) atoms. The molecule has 0 spiro atoms. The Hall–Kier alpha value is -0.820. The fourth-order valence-corrected chi connectivity index (χ4v) is 1.79. The largest absolute Gasteiger partial charge is 0.401 e. The van der Waals surface area contributed by atoms with Crippen LogP contribution in [0, 0.1) is 0 Å². The number of carbonyl (C=O) groups is 1. The van der Waals surface area contributed by atoms with E-state index in [4.69, 9.17) is 5.73 Å². The molecule has 1 amide bonds. The van der Waals surface area contributed by atoms with Crippen molar-refractivity contribution in [2.45, 2.75) is 25.6 Å². The Labute approximate surface area is 98.5 Å². The smallest absolute Gasteiger partial charge is 0.339 e. The van der Waals surface area contributed by atoms with Crippen LogP contribution in [0.25, 0.3) is 0 Å². The Balaban J connectivity index is 2.38. The molecule has 4 nitrogen and oxygen atoms in total. The van der Waals surface area contributed by atoms with E-state index in [1.54, 1.807) is 4.90 Å². The second kappa shape index (κ2) is 5.68. The summed E-state index contributed by atoms with van der Waals surface area (Å²) >= 11 is 0. The Morgan fingerprint density at radius 2 is 1.82 bits per heavy atom. The van der Waals surface area contributed by atoms with Crippen molar-refractivity contribution < 1.29 is 18.0 Å². The van der Waals surface area contributed by atoms with E-state index in [0.717, 1.165) is 0 Å². The highest BCUT2D eigenvalue weighted by Gasteiger charge is 2.33. The average Bonchev–Trinajstić information content (AvgIpc) is 2.26. The van der Waals surface area contributed by atoms with Gasteiger partial charge in [0.15, 0.2) is 0 Å². The lowest BCUT2D eigenvalue weighted by Crippen LogP contribution is -2.54. The summed E-state index contributed by atoms with van der Waals surface area (Å²) in [6.07, 6.45) is -3.63. The first-order valence-corrected chi connectivity index (χ1v) is 5.67. The highest BCUT2D eigenvalue weighted by molar-refractivity contribution is 5.81. The number of nitrogens with two attached hydrogens (primary N) is 1. The number of amides is 1. The number of rotatable bonds is 3. The van der Waals surface area contributed by atoms with Crippen molar-refractivity contribution >= 4 is 5.91 Å². The van der Waals surface area contributed by atoms with Crippen LogP contribution in [0.5, 0.6) is 0 Å². The number of carbonyl (C=O) groups excluding carboxylic acids is 1. The van der Waals surface area contributed by atoms with Crippen LogP contribution >= 0.6 is 0 Å². The molecular formula is C10H18F3N3O. The standard InChI is InChI=1S/C10H18F3N3O/c1-2-8(14)9(17)16-5-3-15(4-6-16)7-10(11,12)13/h8H,2-7,14H2,1H3/t8-/m0/s1. The van der Waals surface area contributed by atoms with Gasteiger partial charge in [0.2, 0.25) is 5.91 Å². The molecule has 2 N–H and O–H groups in total. The third kappa shape index (κ3) is 4.51. The van der Waals surface area contributed by atoms with Crippen LogP contribution in [0.2, 0.25) is 0 Å². The molecule has 0 saturated carbocycles. The number of nitrogens with zero attached hydrogens (tertiary/aromatic N) is 2. The minimum absolute atomic E-state index is 0.167. The molecule has 1 saturated heterocycles. The zero-order chi connectivity index (χ0) is 13.1. The first-order valence-electron chi connectivity index (χ1n) is 5.67. The highest BCUT2D eigenvalue weighted by atomic mass is 19.4. The lowest BCUT2D eigenvalue weighted by atomic mass is 10.2. The van der Waals surface area contributed by atoms with Gasteiger partial charge < -0.3 is 10.6 Å². The van der Waals surface area contributed by atoms with Crippen molar-refractivity contribution in [1.29, 1.82) is 0 Å². The first-order chi connectivity index (χ1) is 7.83. The van der Waals surface area contributed by atoms with Crippen LogP contribution in [-0.4, -0.2) is 60.6 Å². The molecule has 0 aliphatic carbocycles. The zero-order valence-electron chi connectivity index (χ0n) is 9.83. The summed E-state index contributed by atoms with van der Waals surface area (Å²) in [6, 6.07) is -0.538. The average molecular weight is 253 g/mol. The lowest BCUT2D eigenvalue weighted by Gasteiger charge is -2.36. The molecule has 7 heteroatoms. The normalized spacial score (nSPS) is 20.4. The Kier molecular flexibility index (Phi) is 4.76. The third-order valence-electron chi connectivity index (χ3n) is 2.84. The predicted octanol–water partition coefficient (Wildman–Crippen LogP) is 0.430. The molecule has 0 unspecified atom stereocenters. The summed E-state index contributed by atoms with van der Waals surface area (Å²) in [5, 5.41) is 0. The van der Waals surface area contributed by atoms with E-state index >= 15 is 0 Å². The van der Waals surface area contributed by atoms with Crippen LogP contribution in [-0.2, 0) is 4.79 Å².